The van der Waals surface area contributed by atoms with Crippen molar-refractivity contribution in [1.29, 1.82) is 0 Å². The largest absolute Gasteiger partial charge is 0.373 e. The Kier molecular flexibility index (Phi) is 4.71. The third-order valence-electron chi connectivity index (χ3n) is 3.22. The van der Waals surface area contributed by atoms with Crippen molar-refractivity contribution in [3.8, 4) is 0 Å². The average Bonchev–Trinajstić information content (AvgIpc) is 2.49. The fourth-order valence-electron chi connectivity index (χ4n) is 2.01. The zero-order chi connectivity index (χ0) is 14.4. The van der Waals surface area contributed by atoms with E-state index in [1.807, 2.05) is 12.1 Å². The lowest BCUT2D eigenvalue weighted by Crippen LogP contribution is -2.26. The molecule has 0 aliphatic carbocycles. The van der Waals surface area contributed by atoms with Gasteiger partial charge in [-0.1, -0.05) is 24.3 Å². The first kappa shape index (κ1) is 14.1. The van der Waals surface area contributed by atoms with Crippen LogP contribution in [0.4, 0.5) is 5.82 Å². The number of benzene rings is 1. The molecule has 2 N–H and O–H groups in total. The maximum absolute atomic E-state index is 12.0. The van der Waals surface area contributed by atoms with Crippen LogP contribution in [0.1, 0.15) is 21.5 Å². The van der Waals surface area contributed by atoms with Gasteiger partial charge in [-0.15, -0.1) is 0 Å². The van der Waals surface area contributed by atoms with E-state index in [2.05, 4.69) is 34.7 Å². The molecule has 0 saturated heterocycles. The Balaban J connectivity index is 1.91. The monoisotopic (exact) mass is 269 g/mol. The molecule has 4 heteroatoms. The maximum atomic E-state index is 12.0. The van der Waals surface area contributed by atoms with Gasteiger partial charge in [0.25, 0.3) is 5.91 Å². The molecule has 2 aromatic rings. The number of amides is 1. The molecule has 20 heavy (non-hydrogen) atoms. The van der Waals surface area contributed by atoms with Gasteiger partial charge in [0.15, 0.2) is 0 Å². The van der Waals surface area contributed by atoms with Crippen molar-refractivity contribution in [3.63, 3.8) is 0 Å². The Morgan fingerprint density at radius 1 is 1.25 bits per heavy atom. The van der Waals surface area contributed by atoms with Gasteiger partial charge in [-0.05, 0) is 36.6 Å². The third-order valence-corrected chi connectivity index (χ3v) is 3.22. The predicted molar refractivity (Wildman–Crippen MR) is 81.0 cm³/mol. The summed E-state index contributed by atoms with van der Waals surface area (Å²) in [6, 6.07) is 11.7. The summed E-state index contributed by atoms with van der Waals surface area (Å²) in [7, 11) is 1.78. The van der Waals surface area contributed by atoms with Crippen LogP contribution in [0.2, 0.25) is 0 Å². The minimum absolute atomic E-state index is 0.0718. The normalized spacial score (nSPS) is 10.1. The minimum Gasteiger partial charge on any atom is -0.373 e. The van der Waals surface area contributed by atoms with E-state index in [-0.39, 0.29) is 5.91 Å². The molecule has 1 amide bonds. The van der Waals surface area contributed by atoms with Crippen LogP contribution in [0.3, 0.4) is 0 Å². The molecule has 0 unspecified atom stereocenters. The number of anilines is 1. The van der Waals surface area contributed by atoms with Gasteiger partial charge >= 0.3 is 0 Å². The molecule has 4 nitrogen and oxygen atoms in total. The molecule has 0 saturated carbocycles. The highest BCUT2D eigenvalue weighted by Gasteiger charge is 2.06. The summed E-state index contributed by atoms with van der Waals surface area (Å²) >= 11 is 0. The van der Waals surface area contributed by atoms with E-state index in [4.69, 9.17) is 0 Å². The number of hydrogen-bond acceptors (Lipinski definition) is 3. The van der Waals surface area contributed by atoms with E-state index in [0.29, 0.717) is 17.9 Å². The second kappa shape index (κ2) is 6.70. The van der Waals surface area contributed by atoms with Gasteiger partial charge < -0.3 is 10.6 Å². The van der Waals surface area contributed by atoms with Gasteiger partial charge in [-0.2, -0.15) is 0 Å². The second-order valence-corrected chi connectivity index (χ2v) is 4.61. The van der Waals surface area contributed by atoms with E-state index in [1.54, 1.807) is 25.4 Å². The SMILES string of the molecule is CNc1cc(C(=O)NCCc2ccccc2C)ccn1. The summed E-state index contributed by atoms with van der Waals surface area (Å²) in [6.45, 7) is 2.71. The first-order chi connectivity index (χ1) is 9.70. The Hall–Kier alpha value is -2.36. The van der Waals surface area contributed by atoms with Gasteiger partial charge in [-0.25, -0.2) is 4.98 Å². The molecule has 0 aliphatic heterocycles. The number of carbonyl (C=O) groups excluding carboxylic acids is 1. The second-order valence-electron chi connectivity index (χ2n) is 4.61. The lowest BCUT2D eigenvalue weighted by atomic mass is 10.1. The fraction of sp³-hybridized carbons (Fsp3) is 0.250. The van der Waals surface area contributed by atoms with E-state index in [9.17, 15) is 4.79 Å². The molecule has 0 bridgehead atoms. The molecule has 0 atom stereocenters. The number of rotatable bonds is 5. The van der Waals surface area contributed by atoms with Crippen molar-refractivity contribution in [1.82, 2.24) is 10.3 Å². The van der Waals surface area contributed by atoms with Gasteiger partial charge in [-0.3, -0.25) is 4.79 Å². The van der Waals surface area contributed by atoms with Crippen LogP contribution in [0, 0.1) is 6.92 Å². The molecular weight excluding hydrogens is 250 g/mol. The Morgan fingerprint density at radius 3 is 2.80 bits per heavy atom. The van der Waals surface area contributed by atoms with Crippen LogP contribution in [-0.2, 0) is 6.42 Å². The number of pyridine rings is 1. The smallest absolute Gasteiger partial charge is 0.251 e. The summed E-state index contributed by atoms with van der Waals surface area (Å²) in [6.07, 6.45) is 2.46. The standard InChI is InChI=1S/C16H19N3O/c1-12-5-3-4-6-13(12)7-10-19-16(20)14-8-9-18-15(11-14)17-2/h3-6,8-9,11H,7,10H2,1-2H3,(H,17,18)(H,19,20). The molecule has 0 radical (unpaired) electrons. The first-order valence-corrected chi connectivity index (χ1v) is 6.67. The van der Waals surface area contributed by atoms with Crippen LogP contribution in [-0.4, -0.2) is 24.5 Å². The minimum atomic E-state index is -0.0718. The summed E-state index contributed by atoms with van der Waals surface area (Å²) in [5.74, 6) is 0.619. The highest BCUT2D eigenvalue weighted by atomic mass is 16.1. The first-order valence-electron chi connectivity index (χ1n) is 6.67. The van der Waals surface area contributed by atoms with Crippen LogP contribution >= 0.6 is 0 Å². The molecule has 0 spiro atoms. The van der Waals surface area contributed by atoms with Crippen LogP contribution < -0.4 is 10.6 Å². The topological polar surface area (TPSA) is 54.0 Å². The summed E-state index contributed by atoms with van der Waals surface area (Å²) in [5, 5.41) is 5.85. The number of carbonyl (C=O) groups is 1. The van der Waals surface area contributed by atoms with Crippen molar-refractivity contribution in [2.45, 2.75) is 13.3 Å². The number of nitrogens with one attached hydrogen (secondary N) is 2. The van der Waals surface area contributed by atoms with Crippen LogP contribution in [0.15, 0.2) is 42.6 Å². The zero-order valence-corrected chi connectivity index (χ0v) is 11.8. The number of aryl methyl sites for hydroxylation is 1. The summed E-state index contributed by atoms with van der Waals surface area (Å²) in [5.41, 5.74) is 3.13. The van der Waals surface area contributed by atoms with Crippen molar-refractivity contribution in [2.75, 3.05) is 18.9 Å². The molecule has 0 fully saturated rings. The quantitative estimate of drug-likeness (QED) is 0.876. The third kappa shape index (κ3) is 3.57. The highest BCUT2D eigenvalue weighted by molar-refractivity contribution is 5.94. The fourth-order valence-corrected chi connectivity index (χ4v) is 2.01. The zero-order valence-electron chi connectivity index (χ0n) is 11.8. The molecule has 0 aliphatic rings. The van der Waals surface area contributed by atoms with E-state index in [0.717, 1.165) is 6.42 Å². The number of aromatic nitrogens is 1. The van der Waals surface area contributed by atoms with Crippen molar-refractivity contribution >= 4 is 11.7 Å². The maximum Gasteiger partial charge on any atom is 0.251 e. The lowest BCUT2D eigenvalue weighted by Gasteiger charge is -2.08. The van der Waals surface area contributed by atoms with Gasteiger partial charge in [0.2, 0.25) is 0 Å². The van der Waals surface area contributed by atoms with Gasteiger partial charge in [0.05, 0.1) is 0 Å². The van der Waals surface area contributed by atoms with Gasteiger partial charge in [0.1, 0.15) is 5.82 Å². The molecule has 2 rings (SSSR count). The van der Waals surface area contributed by atoms with Crippen molar-refractivity contribution < 1.29 is 4.79 Å². The highest BCUT2D eigenvalue weighted by Crippen LogP contribution is 2.08. The molecule has 104 valence electrons. The van der Waals surface area contributed by atoms with E-state index < -0.39 is 0 Å². The Morgan fingerprint density at radius 2 is 2.05 bits per heavy atom. The Labute approximate surface area is 119 Å². The summed E-state index contributed by atoms with van der Waals surface area (Å²) in [4.78, 5) is 16.1. The van der Waals surface area contributed by atoms with Crippen LogP contribution in [0.5, 0.6) is 0 Å². The van der Waals surface area contributed by atoms with Crippen LogP contribution in [0.25, 0.3) is 0 Å². The number of nitrogens with zero attached hydrogens (tertiary/aromatic N) is 1. The molecule has 1 heterocycles. The Bertz CT molecular complexity index is 596. The molecule has 1 aromatic carbocycles. The van der Waals surface area contributed by atoms with Gasteiger partial charge in [0, 0.05) is 25.4 Å². The summed E-state index contributed by atoms with van der Waals surface area (Å²) < 4.78 is 0. The van der Waals surface area contributed by atoms with Crippen molar-refractivity contribution in [2.24, 2.45) is 0 Å². The molecular formula is C16H19N3O. The average molecular weight is 269 g/mol. The molecule has 1 aromatic heterocycles. The lowest BCUT2D eigenvalue weighted by molar-refractivity contribution is 0.0954. The van der Waals surface area contributed by atoms with E-state index in [1.165, 1.54) is 11.1 Å². The number of hydrogen-bond donors (Lipinski definition) is 2. The predicted octanol–water partition coefficient (Wildman–Crippen LogP) is 2.40. The van der Waals surface area contributed by atoms with Crippen molar-refractivity contribution in [3.05, 3.63) is 59.3 Å². The van der Waals surface area contributed by atoms with E-state index >= 15 is 0 Å².